The van der Waals surface area contributed by atoms with E-state index in [1.165, 1.54) is 0 Å². The van der Waals surface area contributed by atoms with Crippen molar-refractivity contribution in [3.8, 4) is 0 Å². The van der Waals surface area contributed by atoms with Gasteiger partial charge in [-0.25, -0.2) is 0 Å². The van der Waals surface area contributed by atoms with Gasteiger partial charge in [0.15, 0.2) is 0 Å². The maximum Gasteiger partial charge on any atom is 0.243 e. The second-order valence-corrected chi connectivity index (χ2v) is 6.85. The number of carbonyl (C=O) groups is 1. The highest BCUT2D eigenvalue weighted by molar-refractivity contribution is 5.88. The van der Waals surface area contributed by atoms with E-state index in [0.29, 0.717) is 5.92 Å². The van der Waals surface area contributed by atoms with Crippen LogP contribution in [0.25, 0.3) is 0 Å². The maximum atomic E-state index is 12.7. The lowest BCUT2D eigenvalue weighted by atomic mass is 9.99. The minimum atomic E-state index is -0.366. The van der Waals surface area contributed by atoms with E-state index in [0.717, 1.165) is 45.4 Å². The maximum absolute atomic E-state index is 12.7. The van der Waals surface area contributed by atoms with Gasteiger partial charge in [0, 0.05) is 6.54 Å². The van der Waals surface area contributed by atoms with E-state index >= 15 is 0 Å². The van der Waals surface area contributed by atoms with E-state index in [4.69, 9.17) is 0 Å². The van der Waals surface area contributed by atoms with Crippen molar-refractivity contribution in [3.05, 3.63) is 0 Å². The Balaban J connectivity index is 2.64. The molecule has 2 atom stereocenters. The van der Waals surface area contributed by atoms with Crippen molar-refractivity contribution in [2.24, 2.45) is 5.92 Å². The van der Waals surface area contributed by atoms with Crippen LogP contribution in [0.1, 0.15) is 60.8 Å². The average Bonchev–Trinajstić information content (AvgIpc) is 2.67. The first-order valence-corrected chi connectivity index (χ1v) is 8.69. The molecule has 0 saturated carbocycles. The van der Waals surface area contributed by atoms with Gasteiger partial charge in [0.05, 0.1) is 11.7 Å². The fourth-order valence-electron chi connectivity index (χ4n) is 3.11. The molecule has 1 aliphatic rings. The summed E-state index contributed by atoms with van der Waals surface area (Å²) in [6.07, 6.45) is 3.16. The first-order valence-electron chi connectivity index (χ1n) is 8.69. The molecule has 0 aromatic carbocycles. The van der Waals surface area contributed by atoms with Crippen LogP contribution in [0.5, 0.6) is 0 Å². The van der Waals surface area contributed by atoms with Crippen molar-refractivity contribution >= 4 is 5.91 Å². The van der Waals surface area contributed by atoms with E-state index in [2.05, 4.69) is 49.7 Å². The number of carbonyl (C=O) groups excluding carboxylic acids is 1. The van der Waals surface area contributed by atoms with Crippen LogP contribution < -0.4 is 5.32 Å². The first kappa shape index (κ1) is 18.4. The molecule has 1 fully saturated rings. The van der Waals surface area contributed by atoms with Gasteiger partial charge in [0.2, 0.25) is 5.91 Å². The Morgan fingerprint density at radius 3 is 2.38 bits per heavy atom. The smallest absolute Gasteiger partial charge is 0.243 e. The molecule has 1 amide bonds. The molecule has 1 aliphatic heterocycles. The van der Waals surface area contributed by atoms with Gasteiger partial charge in [-0.2, -0.15) is 0 Å². The summed E-state index contributed by atoms with van der Waals surface area (Å²) in [5.74, 6) is 0.884. The van der Waals surface area contributed by atoms with Crippen molar-refractivity contribution in [3.63, 3.8) is 0 Å². The van der Waals surface area contributed by atoms with Gasteiger partial charge in [-0.3, -0.25) is 10.1 Å². The van der Waals surface area contributed by atoms with Gasteiger partial charge in [-0.05, 0) is 51.7 Å². The van der Waals surface area contributed by atoms with E-state index < -0.39 is 0 Å². The predicted molar refractivity (Wildman–Crippen MR) is 89.2 cm³/mol. The summed E-state index contributed by atoms with van der Waals surface area (Å²) in [4.78, 5) is 17.2. The monoisotopic (exact) mass is 297 g/mol. The average molecular weight is 297 g/mol. The zero-order chi connectivity index (χ0) is 16.0. The number of nitrogens with one attached hydrogen (secondary N) is 1. The molecule has 1 saturated heterocycles. The van der Waals surface area contributed by atoms with Gasteiger partial charge >= 0.3 is 0 Å². The van der Waals surface area contributed by atoms with E-state index in [-0.39, 0.29) is 17.6 Å². The minimum absolute atomic E-state index is 0.208. The van der Waals surface area contributed by atoms with Gasteiger partial charge in [0.25, 0.3) is 0 Å². The fraction of sp³-hybridized carbons (Fsp3) is 0.941. The summed E-state index contributed by atoms with van der Waals surface area (Å²) in [6.45, 7) is 17.1. The summed E-state index contributed by atoms with van der Waals surface area (Å²) in [6, 6.07) is 0. The third-order valence-corrected chi connectivity index (χ3v) is 4.76. The number of amides is 1. The minimum Gasteiger partial charge on any atom is -0.325 e. The lowest BCUT2D eigenvalue weighted by Gasteiger charge is -2.27. The van der Waals surface area contributed by atoms with Gasteiger partial charge in [-0.15, -0.1) is 0 Å². The normalized spacial score (nSPS) is 26.4. The molecule has 0 bridgehead atoms. The van der Waals surface area contributed by atoms with Crippen molar-refractivity contribution in [2.75, 3.05) is 26.2 Å². The molecule has 0 aromatic rings. The van der Waals surface area contributed by atoms with Crippen LogP contribution in [-0.2, 0) is 4.79 Å². The molecule has 1 N–H and O–H groups in total. The standard InChI is InChI=1S/C17H35N3O/c1-7-17(6)16(21)20(15(18-17)13-14(4)5)12-10-11-19(8-2)9-3/h14-15,18H,7-13H2,1-6H3. The quantitative estimate of drug-likeness (QED) is 0.711. The van der Waals surface area contributed by atoms with Crippen LogP contribution in [0.15, 0.2) is 0 Å². The highest BCUT2D eigenvalue weighted by Crippen LogP contribution is 2.26. The molecule has 1 rings (SSSR count). The summed E-state index contributed by atoms with van der Waals surface area (Å²) < 4.78 is 0. The van der Waals surface area contributed by atoms with Crippen molar-refractivity contribution in [1.82, 2.24) is 15.1 Å². The zero-order valence-electron chi connectivity index (χ0n) is 14.9. The zero-order valence-corrected chi connectivity index (χ0v) is 14.9. The SMILES string of the molecule is CCN(CC)CCCN1C(=O)C(C)(CC)NC1CC(C)C. The molecule has 0 radical (unpaired) electrons. The highest BCUT2D eigenvalue weighted by Gasteiger charge is 2.46. The van der Waals surface area contributed by atoms with Crippen LogP contribution >= 0.6 is 0 Å². The third-order valence-electron chi connectivity index (χ3n) is 4.76. The topological polar surface area (TPSA) is 35.6 Å². The summed E-state index contributed by atoms with van der Waals surface area (Å²) >= 11 is 0. The largest absolute Gasteiger partial charge is 0.325 e. The van der Waals surface area contributed by atoms with Crippen LogP contribution in [-0.4, -0.2) is 53.6 Å². The Kier molecular flexibility index (Phi) is 7.14. The molecule has 2 unspecified atom stereocenters. The van der Waals surface area contributed by atoms with Gasteiger partial charge < -0.3 is 9.80 Å². The van der Waals surface area contributed by atoms with Gasteiger partial charge in [-0.1, -0.05) is 34.6 Å². The molecule has 0 aliphatic carbocycles. The number of nitrogens with zero attached hydrogens (tertiary/aromatic N) is 2. The Hall–Kier alpha value is -0.610. The molecule has 124 valence electrons. The number of hydrogen-bond acceptors (Lipinski definition) is 3. The molecule has 0 spiro atoms. The molecule has 21 heavy (non-hydrogen) atoms. The number of rotatable bonds is 9. The summed E-state index contributed by atoms with van der Waals surface area (Å²) in [5, 5.41) is 3.58. The Morgan fingerprint density at radius 2 is 1.90 bits per heavy atom. The Labute approximate surface area is 131 Å². The van der Waals surface area contributed by atoms with Gasteiger partial charge in [0.1, 0.15) is 0 Å². The van der Waals surface area contributed by atoms with Crippen LogP contribution in [0.3, 0.4) is 0 Å². The third kappa shape index (κ3) is 4.68. The molecular weight excluding hydrogens is 262 g/mol. The predicted octanol–water partition coefficient (Wildman–Crippen LogP) is 2.69. The van der Waals surface area contributed by atoms with Crippen LogP contribution in [0, 0.1) is 5.92 Å². The van der Waals surface area contributed by atoms with Crippen LogP contribution in [0.2, 0.25) is 0 Å². The second-order valence-electron chi connectivity index (χ2n) is 6.85. The summed E-state index contributed by atoms with van der Waals surface area (Å²) in [5.41, 5.74) is -0.366. The Bertz CT molecular complexity index is 328. The van der Waals surface area contributed by atoms with Crippen molar-refractivity contribution in [1.29, 1.82) is 0 Å². The van der Waals surface area contributed by atoms with E-state index in [1.807, 2.05) is 6.92 Å². The lowest BCUT2D eigenvalue weighted by molar-refractivity contribution is -0.133. The summed E-state index contributed by atoms with van der Waals surface area (Å²) in [7, 11) is 0. The molecular formula is C17H35N3O. The molecule has 1 heterocycles. The van der Waals surface area contributed by atoms with Crippen molar-refractivity contribution < 1.29 is 4.79 Å². The number of hydrogen-bond donors (Lipinski definition) is 1. The first-order chi connectivity index (χ1) is 9.87. The van der Waals surface area contributed by atoms with Crippen molar-refractivity contribution in [2.45, 2.75) is 72.5 Å². The lowest BCUT2D eigenvalue weighted by Crippen LogP contribution is -2.44. The molecule has 4 heteroatoms. The Morgan fingerprint density at radius 1 is 1.29 bits per heavy atom. The fourth-order valence-corrected chi connectivity index (χ4v) is 3.11. The molecule has 0 aromatic heterocycles. The van der Waals surface area contributed by atoms with E-state index in [1.54, 1.807) is 0 Å². The highest BCUT2D eigenvalue weighted by atomic mass is 16.2. The van der Waals surface area contributed by atoms with E-state index in [9.17, 15) is 4.79 Å². The molecule has 4 nitrogen and oxygen atoms in total. The van der Waals surface area contributed by atoms with Crippen LogP contribution in [0.4, 0.5) is 0 Å². The second kappa shape index (κ2) is 8.14.